The lowest BCUT2D eigenvalue weighted by molar-refractivity contribution is 0.0602. The van der Waals surface area contributed by atoms with Gasteiger partial charge in [-0.05, 0) is 44.2 Å². The molecule has 1 aliphatic rings. The molecule has 0 radical (unpaired) electrons. The molecule has 1 aromatic rings. The number of hydrogen-bond acceptors (Lipinski definition) is 3. The number of benzene rings is 1. The van der Waals surface area contributed by atoms with E-state index in [0.29, 0.717) is 5.56 Å². The third kappa shape index (κ3) is 3.85. The fourth-order valence-electron chi connectivity index (χ4n) is 2.41. The maximum Gasteiger partial charge on any atom is 0.339 e. The number of methoxy groups -OCH3 is 1. The van der Waals surface area contributed by atoms with E-state index in [2.05, 4.69) is 11.4 Å². The molecule has 1 aromatic carbocycles. The van der Waals surface area contributed by atoms with Crippen LogP contribution < -0.4 is 5.32 Å². The van der Waals surface area contributed by atoms with Gasteiger partial charge in [0.05, 0.1) is 12.7 Å². The highest BCUT2D eigenvalue weighted by Crippen LogP contribution is 2.21. The Morgan fingerprint density at radius 2 is 2.16 bits per heavy atom. The summed E-state index contributed by atoms with van der Waals surface area (Å²) in [6.07, 6.45) is 8.48. The van der Waals surface area contributed by atoms with Crippen molar-refractivity contribution in [2.24, 2.45) is 0 Å². The number of nitrogens with one attached hydrogen (secondary N) is 1. The summed E-state index contributed by atoms with van der Waals surface area (Å²) in [5.41, 5.74) is 2.99. The average molecular weight is 259 g/mol. The Morgan fingerprint density at radius 1 is 1.32 bits per heavy atom. The highest BCUT2D eigenvalue weighted by atomic mass is 16.5. The first-order chi connectivity index (χ1) is 9.31. The van der Waals surface area contributed by atoms with Crippen LogP contribution in [0.4, 0.5) is 5.69 Å². The minimum atomic E-state index is -0.292. The molecular formula is C16H21NO2. The quantitative estimate of drug-likeness (QED) is 0.646. The normalized spacial score (nSPS) is 14.7. The van der Waals surface area contributed by atoms with E-state index < -0.39 is 0 Å². The lowest BCUT2D eigenvalue weighted by atomic mass is 9.97. The van der Waals surface area contributed by atoms with Crippen LogP contribution >= 0.6 is 0 Å². The first-order valence-electron chi connectivity index (χ1n) is 6.90. The number of esters is 1. The maximum absolute atomic E-state index is 11.6. The second kappa shape index (κ2) is 6.98. The second-order valence-corrected chi connectivity index (χ2v) is 4.82. The van der Waals surface area contributed by atoms with Gasteiger partial charge < -0.3 is 10.1 Å². The van der Waals surface area contributed by atoms with Gasteiger partial charge in [0.1, 0.15) is 0 Å². The van der Waals surface area contributed by atoms with Gasteiger partial charge >= 0.3 is 5.97 Å². The highest BCUT2D eigenvalue weighted by Gasteiger charge is 2.10. The van der Waals surface area contributed by atoms with Crippen molar-refractivity contribution >= 4 is 11.7 Å². The standard InChI is InChI=1S/C16H21NO2/c1-19-16(18)14-9-5-6-10-15(14)17-12-11-13-7-3-2-4-8-13/h5-7,9-10,17H,2-4,8,11-12H2,1H3. The van der Waals surface area contributed by atoms with Crippen LogP contribution in [0.5, 0.6) is 0 Å². The predicted molar refractivity (Wildman–Crippen MR) is 77.4 cm³/mol. The number of para-hydroxylation sites is 1. The van der Waals surface area contributed by atoms with Crippen molar-refractivity contribution < 1.29 is 9.53 Å². The van der Waals surface area contributed by atoms with Crippen molar-refractivity contribution in [1.82, 2.24) is 0 Å². The van der Waals surface area contributed by atoms with Crippen molar-refractivity contribution in [3.05, 3.63) is 41.5 Å². The Labute approximate surface area is 114 Å². The van der Waals surface area contributed by atoms with Gasteiger partial charge in [-0.3, -0.25) is 0 Å². The minimum absolute atomic E-state index is 0.292. The van der Waals surface area contributed by atoms with E-state index in [9.17, 15) is 4.79 Å². The molecule has 0 saturated carbocycles. The van der Waals surface area contributed by atoms with Crippen molar-refractivity contribution in [2.75, 3.05) is 19.0 Å². The number of ether oxygens (including phenoxy) is 1. The largest absolute Gasteiger partial charge is 0.465 e. The number of anilines is 1. The molecule has 102 valence electrons. The van der Waals surface area contributed by atoms with Gasteiger partial charge in [0, 0.05) is 12.2 Å². The minimum Gasteiger partial charge on any atom is -0.465 e. The van der Waals surface area contributed by atoms with E-state index in [0.717, 1.165) is 18.7 Å². The van der Waals surface area contributed by atoms with Crippen molar-refractivity contribution in [3.8, 4) is 0 Å². The zero-order valence-corrected chi connectivity index (χ0v) is 11.4. The van der Waals surface area contributed by atoms with Crippen LogP contribution in [0.1, 0.15) is 42.5 Å². The zero-order chi connectivity index (χ0) is 13.5. The summed E-state index contributed by atoms with van der Waals surface area (Å²) >= 11 is 0. The molecule has 0 unspecified atom stereocenters. The van der Waals surface area contributed by atoms with Crippen LogP contribution in [0.15, 0.2) is 35.9 Å². The van der Waals surface area contributed by atoms with Crippen LogP contribution in [-0.4, -0.2) is 19.6 Å². The summed E-state index contributed by atoms with van der Waals surface area (Å²) < 4.78 is 4.78. The van der Waals surface area contributed by atoms with E-state index >= 15 is 0 Å². The smallest absolute Gasteiger partial charge is 0.339 e. The monoisotopic (exact) mass is 259 g/mol. The molecule has 0 heterocycles. The fourth-order valence-corrected chi connectivity index (χ4v) is 2.41. The van der Waals surface area contributed by atoms with Crippen molar-refractivity contribution in [3.63, 3.8) is 0 Å². The molecule has 3 heteroatoms. The summed E-state index contributed by atoms with van der Waals surface area (Å²) in [7, 11) is 1.41. The van der Waals surface area contributed by atoms with Gasteiger partial charge in [-0.2, -0.15) is 0 Å². The van der Waals surface area contributed by atoms with Crippen molar-refractivity contribution in [2.45, 2.75) is 32.1 Å². The molecule has 3 nitrogen and oxygen atoms in total. The molecule has 0 saturated heterocycles. The highest BCUT2D eigenvalue weighted by molar-refractivity contribution is 5.95. The van der Waals surface area contributed by atoms with Crippen molar-refractivity contribution in [1.29, 1.82) is 0 Å². The third-order valence-corrected chi connectivity index (χ3v) is 3.48. The Morgan fingerprint density at radius 3 is 2.89 bits per heavy atom. The number of carbonyl (C=O) groups excluding carboxylic acids is 1. The Bertz CT molecular complexity index is 466. The zero-order valence-electron chi connectivity index (χ0n) is 11.4. The summed E-state index contributed by atoms with van der Waals surface area (Å²) in [5, 5.41) is 3.33. The average Bonchev–Trinajstić information content (AvgIpc) is 2.48. The lowest BCUT2D eigenvalue weighted by Gasteiger charge is -2.14. The maximum atomic E-state index is 11.6. The number of hydrogen-bond donors (Lipinski definition) is 1. The Balaban J connectivity index is 1.92. The molecule has 0 bridgehead atoms. The molecule has 0 atom stereocenters. The van der Waals surface area contributed by atoms with Crippen LogP contribution in [0.25, 0.3) is 0 Å². The molecule has 0 fully saturated rings. The molecule has 1 N–H and O–H groups in total. The Hall–Kier alpha value is -1.77. The van der Waals surface area contributed by atoms with Crippen LogP contribution in [-0.2, 0) is 4.74 Å². The first-order valence-corrected chi connectivity index (χ1v) is 6.90. The van der Waals surface area contributed by atoms with Gasteiger partial charge in [0.2, 0.25) is 0 Å². The molecule has 0 aromatic heterocycles. The van der Waals surface area contributed by atoms with E-state index in [4.69, 9.17) is 4.74 Å². The number of rotatable bonds is 5. The van der Waals surface area contributed by atoms with E-state index in [-0.39, 0.29) is 5.97 Å². The van der Waals surface area contributed by atoms with Crippen LogP contribution in [0.2, 0.25) is 0 Å². The summed E-state index contributed by atoms with van der Waals surface area (Å²) in [4.78, 5) is 11.6. The fraction of sp³-hybridized carbons (Fsp3) is 0.438. The van der Waals surface area contributed by atoms with Crippen LogP contribution in [0.3, 0.4) is 0 Å². The summed E-state index contributed by atoms with van der Waals surface area (Å²) in [6.45, 7) is 0.861. The van der Waals surface area contributed by atoms with Gasteiger partial charge in [0.25, 0.3) is 0 Å². The van der Waals surface area contributed by atoms with Gasteiger partial charge in [-0.15, -0.1) is 0 Å². The molecule has 1 aliphatic carbocycles. The first kappa shape index (κ1) is 13.7. The number of allylic oxidation sites excluding steroid dienone is 1. The summed E-state index contributed by atoms with van der Waals surface area (Å²) in [5.74, 6) is -0.292. The van der Waals surface area contributed by atoms with Gasteiger partial charge in [-0.1, -0.05) is 23.8 Å². The van der Waals surface area contributed by atoms with E-state index in [1.54, 1.807) is 6.07 Å². The van der Waals surface area contributed by atoms with E-state index in [1.807, 2.05) is 18.2 Å². The second-order valence-electron chi connectivity index (χ2n) is 4.82. The molecule has 0 amide bonds. The summed E-state index contributed by atoms with van der Waals surface area (Å²) in [6, 6.07) is 7.48. The predicted octanol–water partition coefficient (Wildman–Crippen LogP) is 3.78. The molecule has 0 aliphatic heterocycles. The topological polar surface area (TPSA) is 38.3 Å². The van der Waals surface area contributed by atoms with Crippen LogP contribution in [0, 0.1) is 0 Å². The molecule has 2 rings (SSSR count). The van der Waals surface area contributed by atoms with E-state index in [1.165, 1.54) is 38.4 Å². The Kier molecular flexibility index (Phi) is 5.01. The molecule has 19 heavy (non-hydrogen) atoms. The SMILES string of the molecule is COC(=O)c1ccccc1NCCC1=CCCCC1. The molecular weight excluding hydrogens is 238 g/mol. The molecule has 0 spiro atoms. The van der Waals surface area contributed by atoms with Gasteiger partial charge in [0.15, 0.2) is 0 Å². The number of carbonyl (C=O) groups is 1. The van der Waals surface area contributed by atoms with Gasteiger partial charge in [-0.25, -0.2) is 4.79 Å². The third-order valence-electron chi connectivity index (χ3n) is 3.48. The lowest BCUT2D eigenvalue weighted by Crippen LogP contribution is -2.10.